The van der Waals surface area contributed by atoms with Crippen LogP contribution in [0.5, 0.6) is 0 Å². The molecule has 0 amide bonds. The Kier molecular flexibility index (Phi) is 9.21. The fourth-order valence-corrected chi connectivity index (χ4v) is 6.69. The molecule has 0 N–H and O–H groups in total. The van der Waals surface area contributed by atoms with Crippen molar-refractivity contribution in [1.82, 2.24) is 19.9 Å². The molecule has 7 aromatic rings. The monoisotopic (exact) mass is 703 g/mol. The van der Waals surface area contributed by atoms with E-state index in [9.17, 15) is 0 Å². The zero-order chi connectivity index (χ0) is 31.9. The van der Waals surface area contributed by atoms with Gasteiger partial charge in [0.2, 0.25) is 0 Å². The molecule has 50 heavy (non-hydrogen) atoms. The van der Waals surface area contributed by atoms with Crippen molar-refractivity contribution < 1.29 is 29.5 Å². The predicted molar refractivity (Wildman–Crippen MR) is 199 cm³/mol. The first-order valence-corrected chi connectivity index (χ1v) is 16.1. The molecule has 0 saturated heterocycles. The van der Waals surface area contributed by atoms with Gasteiger partial charge in [0.1, 0.15) is 0 Å². The topological polar surface area (TPSA) is 54.0 Å². The Morgan fingerprint density at radius 3 is 0.740 bits per heavy atom. The summed E-state index contributed by atoms with van der Waals surface area (Å²) in [4.78, 5) is 21.2. The van der Waals surface area contributed by atoms with Crippen LogP contribution < -0.4 is 22.4 Å². The molecule has 4 aromatic carbocycles. The molecule has 3 aromatic heterocycles. The number of benzene rings is 4. The van der Waals surface area contributed by atoms with Crippen LogP contribution in [0.2, 0.25) is 0 Å². The molecule has 2 aliphatic heterocycles. The van der Waals surface area contributed by atoms with E-state index < -0.39 is 0 Å². The maximum atomic E-state index is 5.31. The largest absolute Gasteiger partial charge is 1.00 e. The van der Waals surface area contributed by atoms with Gasteiger partial charge in [0.05, 0.1) is 22.8 Å². The van der Waals surface area contributed by atoms with Gasteiger partial charge in [-0.3, -0.25) is 0 Å². The second-order valence-corrected chi connectivity index (χ2v) is 11.8. The van der Waals surface area contributed by atoms with E-state index in [2.05, 4.69) is 146 Å². The van der Waals surface area contributed by atoms with Crippen LogP contribution in [-0.4, -0.2) is 9.97 Å². The van der Waals surface area contributed by atoms with Crippen molar-refractivity contribution in [2.45, 2.75) is 0 Å². The van der Waals surface area contributed by atoms with E-state index in [0.717, 1.165) is 89.4 Å². The molecule has 4 nitrogen and oxygen atoms in total. The number of halogens is 1. The molecular formula is C44H28ClFeN4-3. The summed E-state index contributed by atoms with van der Waals surface area (Å²) < 4.78 is 0. The van der Waals surface area contributed by atoms with Crippen molar-refractivity contribution in [2.24, 2.45) is 0 Å². The zero-order valence-corrected chi connectivity index (χ0v) is 28.5. The first-order valence-electron chi connectivity index (χ1n) is 16.1. The van der Waals surface area contributed by atoms with Crippen LogP contribution >= 0.6 is 0 Å². The number of hydrogen-bond donors (Lipinski definition) is 0. The summed E-state index contributed by atoms with van der Waals surface area (Å²) in [5, 5.41) is 0. The van der Waals surface area contributed by atoms with Crippen molar-refractivity contribution in [3.63, 3.8) is 0 Å². The van der Waals surface area contributed by atoms with Gasteiger partial charge in [-0.1, -0.05) is 146 Å². The van der Waals surface area contributed by atoms with Crippen molar-refractivity contribution in [3.8, 4) is 44.5 Å². The van der Waals surface area contributed by atoms with E-state index in [1.54, 1.807) is 0 Å². The van der Waals surface area contributed by atoms with Crippen molar-refractivity contribution in [2.75, 3.05) is 0 Å². The minimum absolute atomic E-state index is 0. The first-order chi connectivity index (χ1) is 23.8. The zero-order valence-electron chi connectivity index (χ0n) is 26.7. The summed E-state index contributed by atoms with van der Waals surface area (Å²) in [7, 11) is 0. The summed E-state index contributed by atoms with van der Waals surface area (Å²) >= 11 is 0. The quantitative estimate of drug-likeness (QED) is 0.178. The normalized spacial score (nSPS) is 11.5. The Morgan fingerprint density at radius 1 is 0.300 bits per heavy atom. The molecule has 242 valence electrons. The van der Waals surface area contributed by atoms with Gasteiger partial charge >= 0.3 is 0 Å². The van der Waals surface area contributed by atoms with Crippen LogP contribution in [0.25, 0.3) is 90.9 Å². The third-order valence-electron chi connectivity index (χ3n) is 8.86. The second kappa shape index (κ2) is 14.0. The molecule has 0 atom stereocenters. The van der Waals surface area contributed by atoms with Gasteiger partial charge in [0, 0.05) is 17.1 Å². The number of fused-ring (bicyclic) bond motifs is 8. The standard InChI is InChI=1S/C44H28N4.ClH.Fe/c1-5-13-29(14-6-1)41-33-21-23-35(45-33)42(30-15-7-2-8-16-30)37-25-27-39(47-37)44(32-19-11-4-12-20-32)40-28-26-38(48-40)43(31-17-9-3-10-18-31)36-24-22-34(41)46-36;;/h1-28H;1H;/q-2;;/p-1. The minimum atomic E-state index is 0. The van der Waals surface area contributed by atoms with Crippen LogP contribution in [0.1, 0.15) is 22.8 Å². The minimum Gasteiger partial charge on any atom is -1.00 e. The Bertz CT molecular complexity index is 2190. The summed E-state index contributed by atoms with van der Waals surface area (Å²) in [6, 6.07) is 50.0. The molecule has 0 spiro atoms. The molecule has 0 fully saturated rings. The summed E-state index contributed by atoms with van der Waals surface area (Å²) in [6.07, 6.45) is 8.41. The predicted octanol–water partition coefficient (Wildman–Crippen LogP) is 7.58. The van der Waals surface area contributed by atoms with Gasteiger partial charge in [-0.2, -0.15) is 0 Å². The van der Waals surface area contributed by atoms with Gasteiger partial charge < -0.3 is 22.4 Å². The van der Waals surface area contributed by atoms with E-state index in [0.29, 0.717) is 0 Å². The van der Waals surface area contributed by atoms with E-state index in [4.69, 9.17) is 19.9 Å². The van der Waals surface area contributed by atoms with E-state index in [-0.39, 0.29) is 29.5 Å². The SMILES string of the molecule is C1=Cc2nc1c(-c1ccccc1)c1ccc([n-]1)c(-c1ccccc1)c1nc(c(-c3ccccc3)c3ccc([n-]3)c2-c2ccccc2)C=C1.[Cl-].[Fe]. The second-order valence-electron chi connectivity index (χ2n) is 11.8. The molecule has 8 bridgehead atoms. The van der Waals surface area contributed by atoms with Crippen molar-refractivity contribution in [1.29, 1.82) is 0 Å². The first kappa shape index (κ1) is 32.8. The maximum absolute atomic E-state index is 5.31. The van der Waals surface area contributed by atoms with Gasteiger partial charge in [0.15, 0.2) is 0 Å². The van der Waals surface area contributed by atoms with E-state index in [1.807, 2.05) is 24.3 Å². The van der Waals surface area contributed by atoms with Crippen LogP contribution in [0.15, 0.2) is 146 Å². The fraction of sp³-hybridized carbons (Fsp3) is 0. The van der Waals surface area contributed by atoms with Crippen LogP contribution in [0.4, 0.5) is 0 Å². The maximum Gasteiger partial charge on any atom is 0.0704 e. The Morgan fingerprint density at radius 2 is 0.520 bits per heavy atom. The molecule has 2 aliphatic rings. The van der Waals surface area contributed by atoms with Crippen LogP contribution in [-0.2, 0) is 17.1 Å². The molecule has 9 rings (SSSR count). The molecular weight excluding hydrogens is 676 g/mol. The molecule has 6 heteroatoms. The summed E-state index contributed by atoms with van der Waals surface area (Å²) in [6.45, 7) is 0. The Balaban J connectivity index is 0.00000196. The number of hydrogen-bond acceptors (Lipinski definition) is 2. The molecule has 0 aliphatic carbocycles. The summed E-state index contributed by atoms with van der Waals surface area (Å²) in [5.41, 5.74) is 15.0. The Labute approximate surface area is 307 Å². The average Bonchev–Trinajstić information content (AvgIpc) is 3.98. The van der Waals surface area contributed by atoms with E-state index >= 15 is 0 Å². The van der Waals surface area contributed by atoms with E-state index in [1.165, 1.54) is 0 Å². The number of nitrogens with zero attached hydrogens (tertiary/aromatic N) is 4. The van der Waals surface area contributed by atoms with Gasteiger partial charge in [-0.25, -0.2) is 9.97 Å². The molecule has 5 heterocycles. The van der Waals surface area contributed by atoms with Gasteiger partial charge in [-0.05, 0) is 68.8 Å². The van der Waals surface area contributed by atoms with Crippen LogP contribution in [0, 0.1) is 0 Å². The molecule has 0 unspecified atom stereocenters. The molecule has 0 radical (unpaired) electrons. The van der Waals surface area contributed by atoms with Crippen LogP contribution in [0.3, 0.4) is 0 Å². The Hall–Kier alpha value is -5.71. The van der Waals surface area contributed by atoms with Crippen molar-refractivity contribution in [3.05, 3.63) is 168 Å². The summed E-state index contributed by atoms with van der Waals surface area (Å²) in [5.74, 6) is 0. The van der Waals surface area contributed by atoms with Crippen molar-refractivity contribution >= 4 is 46.4 Å². The molecule has 0 saturated carbocycles. The number of rotatable bonds is 4. The smallest absolute Gasteiger partial charge is 0.0704 e. The third-order valence-corrected chi connectivity index (χ3v) is 8.86. The fourth-order valence-electron chi connectivity index (χ4n) is 6.69. The average molecular weight is 704 g/mol. The third kappa shape index (κ3) is 5.93. The van der Waals surface area contributed by atoms with Gasteiger partial charge in [0.25, 0.3) is 0 Å². The van der Waals surface area contributed by atoms with Gasteiger partial charge in [-0.15, -0.1) is 22.1 Å². The number of aromatic nitrogens is 4.